The third-order valence-corrected chi connectivity index (χ3v) is 10.7. The maximum Gasteiger partial charge on any atom is 0.392 e. The van der Waals surface area contributed by atoms with Crippen LogP contribution in [0.25, 0.3) is 0 Å². The molecule has 6 aliphatic rings. The van der Waals surface area contributed by atoms with Gasteiger partial charge in [0.1, 0.15) is 0 Å². The maximum absolute atomic E-state index is 14.3. The van der Waals surface area contributed by atoms with Crippen LogP contribution in [0.5, 0.6) is 0 Å². The lowest BCUT2D eigenvalue weighted by Gasteiger charge is -2.52. The summed E-state index contributed by atoms with van der Waals surface area (Å²) in [6.45, 7) is 5.96. The highest BCUT2D eigenvalue weighted by molar-refractivity contribution is 5.82. The number of likely N-dealkylation sites (tertiary alicyclic amines) is 1. The molecule has 0 aromatic heterocycles. The van der Waals surface area contributed by atoms with Gasteiger partial charge in [-0.15, -0.1) is 0 Å². The van der Waals surface area contributed by atoms with Gasteiger partial charge >= 0.3 is 6.18 Å². The molecule has 4 aliphatic heterocycles. The highest BCUT2D eigenvalue weighted by Crippen LogP contribution is 2.53. The van der Waals surface area contributed by atoms with Crippen LogP contribution in [0.1, 0.15) is 44.9 Å². The Labute approximate surface area is 223 Å². The van der Waals surface area contributed by atoms with Gasteiger partial charge in [0.25, 0.3) is 0 Å². The monoisotopic (exact) mass is 543 g/mol. The van der Waals surface area contributed by atoms with Crippen LogP contribution >= 0.6 is 0 Å². The minimum atomic E-state index is -4.26. The highest BCUT2D eigenvalue weighted by atomic mass is 19.4. The van der Waals surface area contributed by atoms with Crippen LogP contribution < -0.4 is 10.9 Å². The number of morpholine rings is 1. The number of halogens is 3. The summed E-state index contributed by atoms with van der Waals surface area (Å²) in [5, 5.41) is 0. The molecule has 2 saturated carbocycles. The van der Waals surface area contributed by atoms with Gasteiger partial charge in [-0.3, -0.25) is 14.6 Å². The summed E-state index contributed by atoms with van der Waals surface area (Å²) in [6.07, 6.45) is 1.59. The fraction of sp³-hybridized carbons (Fsp3) is 0.963. The lowest BCUT2D eigenvalue weighted by molar-refractivity contribution is -0.204. The van der Waals surface area contributed by atoms with E-state index in [0.717, 1.165) is 65.1 Å². The number of amides is 1. The van der Waals surface area contributed by atoms with E-state index in [0.29, 0.717) is 32.1 Å². The first kappa shape index (κ1) is 27.2. The van der Waals surface area contributed by atoms with Crippen molar-refractivity contribution in [1.82, 2.24) is 25.6 Å². The number of hydrogen-bond donors (Lipinski definition) is 2. The Morgan fingerprint density at radius 1 is 1.08 bits per heavy atom. The van der Waals surface area contributed by atoms with E-state index in [-0.39, 0.29) is 42.4 Å². The van der Waals surface area contributed by atoms with Gasteiger partial charge in [0.2, 0.25) is 5.91 Å². The summed E-state index contributed by atoms with van der Waals surface area (Å²) < 4.78 is 54.2. The number of nitrogens with zero attached hydrogens (tertiary/aromatic N) is 3. The van der Waals surface area contributed by atoms with Gasteiger partial charge in [-0.1, -0.05) is 6.42 Å². The highest BCUT2D eigenvalue weighted by Gasteiger charge is 2.58. The Hall–Kier alpha value is -0.980. The predicted molar refractivity (Wildman–Crippen MR) is 135 cm³/mol. The first-order valence-electron chi connectivity index (χ1n) is 14.7. The molecule has 4 heterocycles. The van der Waals surface area contributed by atoms with Gasteiger partial charge in [-0.25, -0.2) is 10.9 Å². The second-order valence-corrected chi connectivity index (χ2v) is 13.0. The molecule has 1 amide bonds. The molecule has 2 N–H and O–H groups in total. The zero-order chi connectivity index (χ0) is 26.5. The first-order valence-corrected chi connectivity index (χ1v) is 14.7. The van der Waals surface area contributed by atoms with Crippen LogP contribution in [0, 0.1) is 35.0 Å². The van der Waals surface area contributed by atoms with Crippen molar-refractivity contribution in [3.63, 3.8) is 0 Å². The minimum absolute atomic E-state index is 0.0121. The number of nitrogens with one attached hydrogen (secondary N) is 2. The van der Waals surface area contributed by atoms with E-state index in [1.54, 1.807) is 0 Å². The van der Waals surface area contributed by atoms with Gasteiger partial charge in [0.05, 0.1) is 45.2 Å². The Morgan fingerprint density at radius 2 is 1.87 bits per heavy atom. The van der Waals surface area contributed by atoms with E-state index in [1.807, 2.05) is 4.90 Å². The van der Waals surface area contributed by atoms with Crippen molar-refractivity contribution < 1.29 is 27.4 Å². The number of ether oxygens (including phenoxy) is 2. The molecule has 8 nitrogen and oxygen atoms in total. The van der Waals surface area contributed by atoms with Gasteiger partial charge in [-0.05, 0) is 63.3 Å². The normalized spacial score (nSPS) is 40.8. The third-order valence-electron chi connectivity index (χ3n) is 10.7. The molecule has 11 heteroatoms. The van der Waals surface area contributed by atoms with Crippen molar-refractivity contribution in [1.29, 1.82) is 0 Å². The van der Waals surface area contributed by atoms with Crippen molar-refractivity contribution in [2.45, 2.75) is 63.3 Å². The van der Waals surface area contributed by atoms with Gasteiger partial charge in [-0.2, -0.15) is 13.2 Å². The fourth-order valence-electron chi connectivity index (χ4n) is 8.50. The number of carbonyl (C=O) groups is 1. The zero-order valence-electron chi connectivity index (χ0n) is 22.6. The summed E-state index contributed by atoms with van der Waals surface area (Å²) in [4.78, 5) is 20.2. The molecule has 0 aromatic rings. The quantitative estimate of drug-likeness (QED) is 0.533. The molecule has 4 saturated heterocycles. The maximum atomic E-state index is 14.3. The Morgan fingerprint density at radius 3 is 2.53 bits per heavy atom. The summed E-state index contributed by atoms with van der Waals surface area (Å²) in [5.41, 5.74) is 6.65. The molecule has 7 atom stereocenters. The van der Waals surface area contributed by atoms with E-state index in [2.05, 4.69) is 27.7 Å². The summed E-state index contributed by atoms with van der Waals surface area (Å²) in [5.74, 6) is -2.17. The number of carbonyl (C=O) groups excluding carboxylic acids is 1. The largest absolute Gasteiger partial charge is 0.392 e. The second-order valence-electron chi connectivity index (χ2n) is 13.0. The van der Waals surface area contributed by atoms with Crippen molar-refractivity contribution in [2.24, 2.45) is 35.0 Å². The van der Waals surface area contributed by atoms with Crippen LogP contribution in [-0.4, -0.2) is 105 Å². The lowest BCUT2D eigenvalue weighted by atomic mass is 9.64. The summed E-state index contributed by atoms with van der Waals surface area (Å²) in [6, 6.07) is 0.0447. The van der Waals surface area contributed by atoms with Gasteiger partial charge in [0, 0.05) is 43.6 Å². The smallest absolute Gasteiger partial charge is 0.380 e. The minimum Gasteiger partial charge on any atom is -0.380 e. The van der Waals surface area contributed by atoms with Crippen LogP contribution in [-0.2, 0) is 14.3 Å². The summed E-state index contributed by atoms with van der Waals surface area (Å²) >= 11 is 0. The van der Waals surface area contributed by atoms with Crippen LogP contribution in [0.3, 0.4) is 0 Å². The van der Waals surface area contributed by atoms with Crippen molar-refractivity contribution in [2.75, 3.05) is 66.3 Å². The van der Waals surface area contributed by atoms with E-state index in [9.17, 15) is 18.0 Å². The van der Waals surface area contributed by atoms with E-state index in [4.69, 9.17) is 9.47 Å². The molecule has 0 radical (unpaired) electrons. The van der Waals surface area contributed by atoms with Gasteiger partial charge in [0.15, 0.2) is 0 Å². The molecule has 0 bridgehead atoms. The van der Waals surface area contributed by atoms with E-state index in [1.165, 1.54) is 0 Å². The average molecular weight is 544 g/mol. The standard InChI is InChI=1S/C27H44F3N5O3/c1-33-17-31-32-24(33)12-26(15-38-16-26)19-3-2-4-20(11-19)35-14-22-21(25(35)36)9-18(10-23(22)27(28,29)30)13-34-5-7-37-8-6-34/h18-24,31-32H,2-17H2,1H3. The van der Waals surface area contributed by atoms with Crippen LogP contribution in [0.15, 0.2) is 0 Å². The second kappa shape index (κ2) is 10.8. The summed E-state index contributed by atoms with van der Waals surface area (Å²) in [7, 11) is 2.10. The third kappa shape index (κ3) is 5.23. The van der Waals surface area contributed by atoms with E-state index < -0.39 is 23.9 Å². The Bertz CT molecular complexity index is 852. The van der Waals surface area contributed by atoms with Crippen molar-refractivity contribution in [3.05, 3.63) is 0 Å². The van der Waals surface area contributed by atoms with Crippen LogP contribution in [0.2, 0.25) is 0 Å². The first-order chi connectivity index (χ1) is 18.2. The topological polar surface area (TPSA) is 69.3 Å². The van der Waals surface area contributed by atoms with Crippen LogP contribution in [0.4, 0.5) is 13.2 Å². The lowest BCUT2D eigenvalue weighted by Crippen LogP contribution is -2.56. The molecular weight excluding hydrogens is 499 g/mol. The predicted octanol–water partition coefficient (Wildman–Crippen LogP) is 2.27. The molecule has 216 valence electrons. The molecule has 2 aliphatic carbocycles. The molecule has 6 fully saturated rings. The molecular formula is C27H44F3N5O3. The van der Waals surface area contributed by atoms with Crippen molar-refractivity contribution >= 4 is 5.91 Å². The Balaban J connectivity index is 1.15. The SMILES string of the molecule is CN1CNNC1CC1(C2CCCC(N3CC4C(CC(CN5CCOCC5)CC4C(F)(F)F)C3=O)C2)COC1. The average Bonchev–Trinajstić information content (AvgIpc) is 3.43. The van der Waals surface area contributed by atoms with Crippen molar-refractivity contribution in [3.8, 4) is 0 Å². The fourth-order valence-corrected chi connectivity index (χ4v) is 8.50. The molecule has 7 unspecified atom stereocenters. The Kier molecular flexibility index (Phi) is 7.72. The molecule has 6 rings (SSSR count). The molecule has 0 spiro atoms. The number of alkyl halides is 3. The number of rotatable bonds is 6. The van der Waals surface area contributed by atoms with Gasteiger partial charge < -0.3 is 14.4 Å². The van der Waals surface area contributed by atoms with E-state index >= 15 is 0 Å². The molecule has 38 heavy (non-hydrogen) atoms. The number of hydrogen-bond acceptors (Lipinski definition) is 7. The zero-order valence-corrected chi connectivity index (χ0v) is 22.6. The molecule has 0 aromatic carbocycles. The number of hydrazine groups is 1. The number of fused-ring (bicyclic) bond motifs is 1.